The number of guanidine groups is 2. The second-order valence-electron chi connectivity index (χ2n) is 28.8. The number of phenolic OH excluding ortho intramolecular Hbond substituents is 1. The van der Waals surface area contributed by atoms with Gasteiger partial charge in [-0.25, -0.2) is 14.5 Å². The summed E-state index contributed by atoms with van der Waals surface area (Å²) in [5, 5.41) is 74.3. The first-order valence-corrected chi connectivity index (χ1v) is 38.2. The number of fused-ring (bicyclic) bond motifs is 3. The minimum absolute atomic E-state index is 0.0141. The fraction of sp³-hybridized carbons (Fsp3) is 0.455. The number of aliphatic carboxylic acids is 1. The molecule has 114 heavy (non-hydrogen) atoms. The number of imide groups is 1. The van der Waals surface area contributed by atoms with E-state index in [1.54, 1.807) is 108 Å². The quantitative estimate of drug-likeness (QED) is 0.00643. The van der Waals surface area contributed by atoms with Crippen LogP contribution < -0.4 is 90.8 Å². The van der Waals surface area contributed by atoms with Gasteiger partial charge < -0.3 is 99.0 Å². The molecule has 9 atom stereocenters. The van der Waals surface area contributed by atoms with Crippen molar-refractivity contribution in [2.24, 2.45) is 23.3 Å². The Morgan fingerprint density at radius 3 is 1.67 bits per heavy atom. The molecule has 11 amide bonds. The van der Waals surface area contributed by atoms with Crippen LogP contribution in [0.1, 0.15) is 122 Å². The van der Waals surface area contributed by atoms with E-state index in [-0.39, 0.29) is 117 Å². The van der Waals surface area contributed by atoms with Gasteiger partial charge in [-0.05, 0) is 143 Å². The fourth-order valence-electron chi connectivity index (χ4n) is 12.7. The number of anilines is 2. The molecule has 3 aromatic carbocycles. The molecule has 3 heterocycles. The highest BCUT2D eigenvalue weighted by molar-refractivity contribution is 8.00. The number of carbonyl (C=O) groups is 12. The van der Waals surface area contributed by atoms with Crippen molar-refractivity contribution in [1.29, 1.82) is 10.8 Å². The number of hydrogen-bond donors (Lipinski definition) is 18. The number of nitrogens with one attached hydrogen (secondary N) is 13. The van der Waals surface area contributed by atoms with Crippen LogP contribution in [-0.2, 0) is 52.7 Å². The van der Waals surface area contributed by atoms with Crippen LogP contribution in [-0.4, -0.2) is 198 Å². The molecule has 7 rings (SSSR count). The molecule has 0 saturated carbocycles. The average Bonchev–Trinajstić information content (AvgIpc) is 1.26. The minimum atomic E-state index is -1.75. The van der Waals surface area contributed by atoms with E-state index in [0.29, 0.717) is 56.4 Å². The van der Waals surface area contributed by atoms with Crippen LogP contribution in [0.25, 0.3) is 44.4 Å². The predicted molar refractivity (Wildman–Crippen MR) is 426 cm³/mol. The zero-order chi connectivity index (χ0) is 83.9. The standard InChI is InChI=1S/C77H101N17O19S/c1-38(2)30-54(91-72(107)57(86-42(7)96)37-114-61-35-62(99)94(73(61)108)64-40(5)48-24-21-45(93(8)9)32-58(48)113-75(64)111)69(104)88-52(16-13-29-84-77(80)81)68(103)87-51(15-12-28-83-76(78)79)67(102)85-41(6)65(100)92-56(36-95)71(106)90-55(31-39(3)4)70(105)89-53(74(109)110)14-10-11-27-82-66(101)44-19-17-43(18-20-44)63-49-25-22-46(97)33-59(49)112-60-34-47(98)23-26-50(60)63/h17-26,32-34,38-39,41,51-57,61,95,97H,10-16,27-31,35-37H2,1-9H3,(H,82,101)(H,85,102)(H,86,96)(H,87,103)(H,88,104)(H,89,105)(H,90,106)(H,91,107)(H,92,100)(H,109,110)(H4,78,79,83)(H4,80,81,84)/t41-,51-,52-,53-,54-,55-,56-,57-,61?/m0/s1. The molecule has 614 valence electrons. The summed E-state index contributed by atoms with van der Waals surface area (Å²) in [6, 6.07) is 8.93. The van der Waals surface area contributed by atoms with Crippen molar-refractivity contribution in [2.75, 3.05) is 55.9 Å². The number of aryl methyl sites for hydroxylation is 1. The van der Waals surface area contributed by atoms with Gasteiger partial charge in [-0.15, -0.1) is 11.8 Å². The molecule has 20 N–H and O–H groups in total. The maximum absolute atomic E-state index is 14.6. The SMILES string of the molecule is CC(=O)N[C@@H](CSC1CC(=O)N(c2c(C)c3ccc(N(C)C)cc3oc2=O)C1=O)C(=O)N[C@@H](CC(C)C)C(=O)N[C@@H](CCCNC(=N)N)C(=O)N[C@@H](CCCNC(=N)N)C(=O)N[C@@H](C)C(=O)N[C@@H](CO)C(=O)N[C@@H](CC(C)C)C(=O)N[C@@H](CCCCNC(=O)c1ccc(-c2c3ccc(=O)cc-3oc3cc(O)ccc23)cc1)C(=O)O. The molecule has 37 heteroatoms. The summed E-state index contributed by atoms with van der Waals surface area (Å²) in [6.07, 6.45) is -0.263. The Kier molecular flexibility index (Phi) is 32.3. The molecule has 36 nitrogen and oxygen atoms in total. The molecule has 0 bridgehead atoms. The molecule has 4 aromatic rings. The van der Waals surface area contributed by atoms with Crippen LogP contribution in [0.4, 0.5) is 11.4 Å². The van der Waals surface area contributed by atoms with E-state index in [0.717, 1.165) is 29.3 Å². The number of hydrogen-bond acceptors (Lipinski definition) is 22. The summed E-state index contributed by atoms with van der Waals surface area (Å²) in [4.78, 5) is 193. The number of rotatable bonds is 41. The lowest BCUT2D eigenvalue weighted by atomic mass is 9.93. The number of carbonyl (C=O) groups excluding carboxylic acids is 11. The largest absolute Gasteiger partial charge is 0.508 e. The summed E-state index contributed by atoms with van der Waals surface area (Å²) in [7, 11) is 3.60. The van der Waals surface area contributed by atoms with Crippen molar-refractivity contribution in [1.82, 2.24) is 58.5 Å². The maximum atomic E-state index is 14.6. The average molecular weight is 1600 g/mol. The topological polar surface area (TPSA) is 564 Å². The number of phenols is 1. The van der Waals surface area contributed by atoms with Crippen LogP contribution in [0.3, 0.4) is 0 Å². The van der Waals surface area contributed by atoms with Crippen LogP contribution >= 0.6 is 11.8 Å². The lowest BCUT2D eigenvalue weighted by Crippen LogP contribution is -2.60. The smallest absolute Gasteiger partial charge is 0.361 e. The van der Waals surface area contributed by atoms with Gasteiger partial charge in [-0.3, -0.25) is 68.4 Å². The highest BCUT2D eigenvalue weighted by Crippen LogP contribution is 2.41. The van der Waals surface area contributed by atoms with E-state index < -0.39 is 149 Å². The number of amides is 11. The van der Waals surface area contributed by atoms with Gasteiger partial charge in [0.15, 0.2) is 17.3 Å². The van der Waals surface area contributed by atoms with Crippen LogP contribution in [0.5, 0.6) is 5.75 Å². The number of aromatic hydroxyl groups is 1. The van der Waals surface area contributed by atoms with Crippen molar-refractivity contribution in [3.8, 4) is 28.2 Å². The van der Waals surface area contributed by atoms with Crippen LogP contribution in [0.2, 0.25) is 0 Å². The Morgan fingerprint density at radius 1 is 0.588 bits per heavy atom. The highest BCUT2D eigenvalue weighted by Gasteiger charge is 2.44. The Bertz CT molecular complexity index is 4660. The maximum Gasteiger partial charge on any atom is 0.361 e. The molecular formula is C77H101N17O19S. The van der Waals surface area contributed by atoms with Crippen molar-refractivity contribution in [2.45, 2.75) is 166 Å². The molecule has 1 unspecified atom stereocenters. The molecule has 1 aliphatic carbocycles. The summed E-state index contributed by atoms with van der Waals surface area (Å²) < 4.78 is 11.5. The van der Waals surface area contributed by atoms with Gasteiger partial charge in [0.25, 0.3) is 5.91 Å². The van der Waals surface area contributed by atoms with Crippen LogP contribution in [0.15, 0.2) is 97.3 Å². The van der Waals surface area contributed by atoms with Gasteiger partial charge in [0.1, 0.15) is 76.7 Å². The first-order chi connectivity index (χ1) is 53.9. The summed E-state index contributed by atoms with van der Waals surface area (Å²) >= 11 is 0.854. The number of nitrogens with zero attached hydrogens (tertiary/aromatic N) is 2. The third-order valence-corrected chi connectivity index (χ3v) is 19.8. The summed E-state index contributed by atoms with van der Waals surface area (Å²) in [5.74, 6) is -12.1. The summed E-state index contributed by atoms with van der Waals surface area (Å²) in [5.41, 5.74) is 13.6. The van der Waals surface area contributed by atoms with Crippen molar-refractivity contribution in [3.05, 3.63) is 111 Å². The van der Waals surface area contributed by atoms with Gasteiger partial charge in [0.2, 0.25) is 59.1 Å². The second kappa shape index (κ2) is 41.4. The zero-order valence-electron chi connectivity index (χ0n) is 64.8. The van der Waals surface area contributed by atoms with Crippen molar-refractivity contribution < 1.29 is 81.7 Å². The molecule has 1 fully saturated rings. The lowest BCUT2D eigenvalue weighted by molar-refractivity contribution is -0.142. The Labute approximate surface area is 660 Å². The number of aliphatic hydroxyl groups excluding tert-OH is 1. The first kappa shape index (κ1) is 89.1. The number of carboxylic acid groups (broad SMARTS) is 1. The molecule has 0 radical (unpaired) electrons. The normalized spacial score (nSPS) is 14.8. The fourth-order valence-corrected chi connectivity index (χ4v) is 13.9. The number of aliphatic hydroxyl groups is 1. The number of carboxylic acids is 1. The predicted octanol–water partition coefficient (Wildman–Crippen LogP) is 1.33. The van der Waals surface area contributed by atoms with Gasteiger partial charge in [-0.1, -0.05) is 39.8 Å². The van der Waals surface area contributed by atoms with Gasteiger partial charge in [0, 0.05) is 104 Å². The first-order valence-electron chi connectivity index (χ1n) is 37.2. The van der Waals surface area contributed by atoms with E-state index in [2.05, 4.69) is 58.5 Å². The zero-order valence-corrected chi connectivity index (χ0v) is 65.6. The van der Waals surface area contributed by atoms with E-state index in [1.165, 1.54) is 31.2 Å². The molecule has 1 aromatic heterocycles. The number of benzene rings is 4. The molecule has 2 aliphatic heterocycles. The monoisotopic (exact) mass is 1600 g/mol. The Balaban J connectivity index is 0.952. The van der Waals surface area contributed by atoms with E-state index >= 15 is 0 Å². The van der Waals surface area contributed by atoms with Gasteiger partial charge in [-0.2, -0.15) is 0 Å². The van der Waals surface area contributed by atoms with Gasteiger partial charge in [0.05, 0.1) is 11.9 Å². The van der Waals surface area contributed by atoms with Crippen LogP contribution in [0, 0.1) is 29.6 Å². The summed E-state index contributed by atoms with van der Waals surface area (Å²) in [6.45, 7) is 10.0. The third-order valence-electron chi connectivity index (χ3n) is 18.5. The van der Waals surface area contributed by atoms with Crippen molar-refractivity contribution in [3.63, 3.8) is 0 Å². The van der Waals surface area contributed by atoms with Gasteiger partial charge >= 0.3 is 11.6 Å². The number of unbranched alkanes of at least 4 members (excludes halogenated alkanes) is 1. The third kappa shape index (κ3) is 24.9. The Morgan fingerprint density at radius 2 is 1.11 bits per heavy atom. The minimum Gasteiger partial charge on any atom is -0.508 e. The highest BCUT2D eigenvalue weighted by atomic mass is 32.2. The molecular weight excluding hydrogens is 1500 g/mol. The molecule has 1 saturated heterocycles. The van der Waals surface area contributed by atoms with E-state index in [9.17, 15) is 82.4 Å². The number of nitrogens with two attached hydrogens (primary N) is 2. The molecule has 0 spiro atoms. The molecule has 3 aliphatic rings. The Hall–Kier alpha value is -12.2. The lowest BCUT2D eigenvalue weighted by Gasteiger charge is -2.28. The second-order valence-corrected chi connectivity index (χ2v) is 30.0. The van der Waals surface area contributed by atoms with Crippen molar-refractivity contribution >= 4 is 128 Å². The van der Waals surface area contributed by atoms with E-state index in [1.807, 2.05) is 0 Å². The number of thioether (sulfide) groups is 1. The van der Waals surface area contributed by atoms with E-state index in [4.69, 9.17) is 31.1 Å².